The quantitative estimate of drug-likeness (QED) is 0.743. The fraction of sp³-hybridized carbons (Fsp3) is 0.333. The van der Waals surface area contributed by atoms with Gasteiger partial charge in [-0.2, -0.15) is 4.31 Å². The van der Waals surface area contributed by atoms with Crippen LogP contribution in [0.2, 0.25) is 10.0 Å². The van der Waals surface area contributed by atoms with Crippen molar-refractivity contribution in [3.05, 3.63) is 52.1 Å². The molecule has 1 aliphatic heterocycles. The van der Waals surface area contributed by atoms with Crippen LogP contribution in [0.15, 0.2) is 41.4 Å². The van der Waals surface area contributed by atoms with E-state index in [1.807, 2.05) is 6.07 Å². The summed E-state index contributed by atoms with van der Waals surface area (Å²) in [6, 6.07) is 7.58. The van der Waals surface area contributed by atoms with Gasteiger partial charge in [0.15, 0.2) is 0 Å². The van der Waals surface area contributed by atoms with Gasteiger partial charge in [-0.05, 0) is 23.8 Å². The number of hydrogen-bond donors (Lipinski definition) is 1. The Balaban J connectivity index is 1.56. The van der Waals surface area contributed by atoms with Crippen LogP contribution in [0, 0.1) is 0 Å². The summed E-state index contributed by atoms with van der Waals surface area (Å²) in [5.41, 5.74) is 0.830. The number of urea groups is 1. The number of benzene rings is 1. The van der Waals surface area contributed by atoms with Crippen molar-refractivity contribution in [2.45, 2.75) is 11.4 Å². The van der Waals surface area contributed by atoms with Gasteiger partial charge in [0, 0.05) is 50.0 Å². The summed E-state index contributed by atoms with van der Waals surface area (Å²) >= 11 is 12.0. The molecule has 2 aromatic rings. The van der Waals surface area contributed by atoms with Gasteiger partial charge in [0.2, 0.25) is 15.9 Å². The first-order valence-electron chi connectivity index (χ1n) is 8.78. The molecule has 0 radical (unpaired) electrons. The predicted molar refractivity (Wildman–Crippen MR) is 110 cm³/mol. The molecule has 29 heavy (non-hydrogen) atoms. The van der Waals surface area contributed by atoms with Gasteiger partial charge >= 0.3 is 6.03 Å². The van der Waals surface area contributed by atoms with Crippen molar-refractivity contribution in [2.24, 2.45) is 0 Å². The number of rotatable bonds is 5. The summed E-state index contributed by atoms with van der Waals surface area (Å²) in [5.74, 6) is 0.497. The minimum absolute atomic E-state index is 0.0310. The van der Waals surface area contributed by atoms with E-state index in [-0.39, 0.29) is 42.1 Å². The number of piperazine rings is 1. The van der Waals surface area contributed by atoms with Gasteiger partial charge in [-0.3, -0.25) is 0 Å². The van der Waals surface area contributed by atoms with Gasteiger partial charge in [0.25, 0.3) is 0 Å². The largest absolute Gasteiger partial charge is 0.481 e. The zero-order valence-corrected chi connectivity index (χ0v) is 18.0. The highest BCUT2D eigenvalue weighted by Crippen LogP contribution is 2.28. The number of amides is 2. The zero-order chi connectivity index (χ0) is 21.0. The van der Waals surface area contributed by atoms with E-state index < -0.39 is 10.0 Å². The van der Waals surface area contributed by atoms with Crippen LogP contribution in [0.4, 0.5) is 4.79 Å². The Morgan fingerprint density at radius 3 is 2.52 bits per heavy atom. The van der Waals surface area contributed by atoms with Crippen molar-refractivity contribution in [3.63, 3.8) is 0 Å². The molecule has 0 saturated carbocycles. The van der Waals surface area contributed by atoms with Crippen molar-refractivity contribution < 1.29 is 17.9 Å². The first kappa shape index (κ1) is 21.6. The monoisotopic (exact) mass is 458 g/mol. The molecule has 1 N–H and O–H groups in total. The lowest BCUT2D eigenvalue weighted by molar-refractivity contribution is 0.172. The van der Waals surface area contributed by atoms with Crippen LogP contribution < -0.4 is 10.1 Å². The van der Waals surface area contributed by atoms with Gasteiger partial charge in [-0.25, -0.2) is 18.2 Å². The Bertz CT molecular complexity index is 978. The fourth-order valence-corrected chi connectivity index (χ4v) is 5.03. The number of nitrogens with one attached hydrogen (secondary N) is 1. The molecule has 0 unspecified atom stereocenters. The molecule has 0 aliphatic carbocycles. The maximum Gasteiger partial charge on any atom is 0.317 e. The number of ether oxygens (including phenoxy) is 1. The summed E-state index contributed by atoms with van der Waals surface area (Å²) in [6.07, 6.45) is 1.62. The minimum Gasteiger partial charge on any atom is -0.481 e. The second-order valence-electron chi connectivity index (χ2n) is 6.33. The smallest absolute Gasteiger partial charge is 0.317 e. The van der Waals surface area contributed by atoms with Gasteiger partial charge in [-0.1, -0.05) is 29.3 Å². The highest BCUT2D eigenvalue weighted by atomic mass is 35.5. The number of nitrogens with zero attached hydrogens (tertiary/aromatic N) is 3. The number of carbonyl (C=O) groups excluding carboxylic acids is 1. The van der Waals surface area contributed by atoms with Crippen LogP contribution in [0.5, 0.6) is 5.88 Å². The van der Waals surface area contributed by atoms with Gasteiger partial charge < -0.3 is 15.0 Å². The molecule has 0 spiro atoms. The molecule has 3 rings (SSSR count). The third-order valence-electron chi connectivity index (χ3n) is 4.49. The maximum absolute atomic E-state index is 12.8. The third-order valence-corrected chi connectivity index (χ3v) is 7.10. The van der Waals surface area contributed by atoms with Gasteiger partial charge in [0.05, 0.1) is 12.1 Å². The maximum atomic E-state index is 12.8. The molecule has 8 nitrogen and oxygen atoms in total. The molecular formula is C18H20Cl2N4O4S. The summed E-state index contributed by atoms with van der Waals surface area (Å²) in [4.78, 5) is 18.0. The fourth-order valence-electron chi connectivity index (χ4n) is 2.87. The lowest BCUT2D eigenvalue weighted by atomic mass is 10.3. The molecule has 1 fully saturated rings. The molecule has 1 aliphatic rings. The molecule has 11 heteroatoms. The van der Waals surface area contributed by atoms with E-state index in [1.54, 1.807) is 17.2 Å². The predicted octanol–water partition coefficient (Wildman–Crippen LogP) is 2.61. The van der Waals surface area contributed by atoms with E-state index in [4.69, 9.17) is 27.9 Å². The number of hydrogen-bond acceptors (Lipinski definition) is 5. The number of methoxy groups -OCH3 is 1. The van der Waals surface area contributed by atoms with E-state index in [0.717, 1.165) is 5.56 Å². The van der Waals surface area contributed by atoms with Crippen molar-refractivity contribution >= 4 is 39.3 Å². The highest BCUT2D eigenvalue weighted by Gasteiger charge is 2.31. The summed E-state index contributed by atoms with van der Waals surface area (Å²) < 4.78 is 32.0. The van der Waals surface area contributed by atoms with E-state index in [1.165, 1.54) is 29.6 Å². The average molecular weight is 459 g/mol. The SMILES string of the molecule is COc1ccc(CNC(=O)N2CCN(S(=O)(=O)c3cc(Cl)ccc3Cl)CC2)cn1. The van der Waals surface area contributed by atoms with E-state index in [0.29, 0.717) is 17.4 Å². The number of aromatic nitrogens is 1. The lowest BCUT2D eigenvalue weighted by Gasteiger charge is -2.34. The second-order valence-corrected chi connectivity index (χ2v) is 9.08. The summed E-state index contributed by atoms with van der Waals surface area (Å²) in [5, 5.41) is 3.21. The molecule has 1 saturated heterocycles. The number of pyridine rings is 1. The Kier molecular flexibility index (Phi) is 6.84. The Labute approximate surface area is 179 Å². The summed E-state index contributed by atoms with van der Waals surface area (Å²) in [7, 11) is -2.26. The van der Waals surface area contributed by atoms with E-state index in [2.05, 4.69) is 10.3 Å². The Hall–Kier alpha value is -2.07. The van der Waals surface area contributed by atoms with Crippen molar-refractivity contribution in [3.8, 4) is 5.88 Å². The molecule has 1 aromatic heterocycles. The topological polar surface area (TPSA) is 91.8 Å². The van der Waals surface area contributed by atoms with Gasteiger partial charge in [0.1, 0.15) is 4.90 Å². The molecule has 0 atom stereocenters. The standard InChI is InChI=1S/C18H20Cl2N4O4S/c1-28-17-5-2-13(11-21-17)12-22-18(25)23-6-8-24(9-7-23)29(26,27)16-10-14(19)3-4-15(16)20/h2-5,10-11H,6-9,12H2,1H3,(H,22,25). The number of carbonyl (C=O) groups is 1. The first-order valence-corrected chi connectivity index (χ1v) is 11.0. The molecular weight excluding hydrogens is 439 g/mol. The van der Waals surface area contributed by atoms with Crippen molar-refractivity contribution in [1.82, 2.24) is 19.5 Å². The van der Waals surface area contributed by atoms with E-state index >= 15 is 0 Å². The van der Waals surface area contributed by atoms with Crippen LogP contribution in [-0.4, -0.2) is 61.9 Å². The zero-order valence-electron chi connectivity index (χ0n) is 15.6. The van der Waals surface area contributed by atoms with Crippen molar-refractivity contribution in [2.75, 3.05) is 33.3 Å². The van der Waals surface area contributed by atoms with Crippen LogP contribution in [0.25, 0.3) is 0 Å². The Morgan fingerprint density at radius 2 is 1.90 bits per heavy atom. The molecule has 156 valence electrons. The van der Waals surface area contributed by atoms with Crippen LogP contribution >= 0.6 is 23.2 Å². The van der Waals surface area contributed by atoms with Crippen LogP contribution in [0.1, 0.15) is 5.56 Å². The molecule has 0 bridgehead atoms. The molecule has 1 aromatic carbocycles. The first-order chi connectivity index (χ1) is 13.8. The van der Waals surface area contributed by atoms with Gasteiger partial charge in [-0.15, -0.1) is 0 Å². The van der Waals surface area contributed by atoms with Crippen molar-refractivity contribution in [1.29, 1.82) is 0 Å². The summed E-state index contributed by atoms with van der Waals surface area (Å²) in [6.45, 7) is 1.19. The molecule has 2 amide bonds. The Morgan fingerprint density at radius 1 is 1.17 bits per heavy atom. The third kappa shape index (κ3) is 5.11. The van der Waals surface area contributed by atoms with Crippen LogP contribution in [0.3, 0.4) is 0 Å². The minimum atomic E-state index is -3.79. The second kappa shape index (κ2) is 9.17. The number of halogens is 2. The normalized spacial score (nSPS) is 15.2. The molecule has 2 heterocycles. The lowest BCUT2D eigenvalue weighted by Crippen LogP contribution is -2.53. The number of sulfonamides is 1. The average Bonchev–Trinajstić information content (AvgIpc) is 2.74. The highest BCUT2D eigenvalue weighted by molar-refractivity contribution is 7.89. The van der Waals surface area contributed by atoms with E-state index in [9.17, 15) is 13.2 Å². The van der Waals surface area contributed by atoms with Crippen LogP contribution in [-0.2, 0) is 16.6 Å².